The average molecular weight is 281 g/mol. The highest BCUT2D eigenvalue weighted by Gasteiger charge is 2.31. The lowest BCUT2D eigenvalue weighted by Gasteiger charge is -2.25. The summed E-state index contributed by atoms with van der Waals surface area (Å²) >= 11 is 0. The molecular weight excluding hydrogens is 264 g/mol. The average Bonchev–Trinajstić information content (AvgIpc) is 2.42. The molecule has 5 heteroatoms. The first-order chi connectivity index (χ1) is 9.47. The van der Waals surface area contributed by atoms with Crippen LogP contribution < -0.4 is 10.2 Å². The number of hydrogen-bond donors (Lipinski definition) is 0. The van der Waals surface area contributed by atoms with Gasteiger partial charge in [-0.2, -0.15) is 0 Å². The van der Waals surface area contributed by atoms with Crippen LogP contribution in [-0.2, 0) is 0 Å². The van der Waals surface area contributed by atoms with Gasteiger partial charge in [-0.15, -0.1) is 0 Å². The molecular formula is C15H17BF3O-. The fraction of sp³-hybridized carbons (Fsp3) is 0.333. The van der Waals surface area contributed by atoms with E-state index in [9.17, 15) is 12.9 Å². The highest BCUT2D eigenvalue weighted by atomic mass is 19.4. The van der Waals surface area contributed by atoms with Gasteiger partial charge >= 0.3 is 6.98 Å². The molecule has 0 saturated heterocycles. The second-order valence-corrected chi connectivity index (χ2v) is 4.83. The van der Waals surface area contributed by atoms with E-state index in [4.69, 9.17) is 4.74 Å². The van der Waals surface area contributed by atoms with E-state index in [1.165, 1.54) is 12.1 Å². The largest absolute Gasteiger partial charge is 0.513 e. The SMILES string of the molecule is CCC(CC)Oc1ccc2ccccc2c1[B-](F)(F)F. The van der Waals surface area contributed by atoms with Gasteiger partial charge in [0.05, 0.1) is 11.9 Å². The summed E-state index contributed by atoms with van der Waals surface area (Å²) in [5, 5.41) is 0.794. The molecule has 0 fully saturated rings. The van der Waals surface area contributed by atoms with E-state index < -0.39 is 12.4 Å². The molecule has 0 unspecified atom stereocenters. The third-order valence-electron chi connectivity index (χ3n) is 3.46. The van der Waals surface area contributed by atoms with Gasteiger partial charge in [-0.3, -0.25) is 0 Å². The lowest BCUT2D eigenvalue weighted by atomic mass is 9.76. The van der Waals surface area contributed by atoms with E-state index >= 15 is 0 Å². The topological polar surface area (TPSA) is 9.23 Å². The Labute approximate surface area is 116 Å². The Morgan fingerprint density at radius 2 is 1.65 bits per heavy atom. The van der Waals surface area contributed by atoms with Crippen LogP contribution in [0.3, 0.4) is 0 Å². The Hall–Kier alpha value is -1.65. The van der Waals surface area contributed by atoms with Crippen molar-refractivity contribution in [2.24, 2.45) is 0 Å². The van der Waals surface area contributed by atoms with Crippen molar-refractivity contribution >= 4 is 23.2 Å². The van der Waals surface area contributed by atoms with Gasteiger partial charge in [-0.1, -0.05) is 49.6 Å². The van der Waals surface area contributed by atoms with Crippen LogP contribution in [0.4, 0.5) is 12.9 Å². The van der Waals surface area contributed by atoms with Gasteiger partial charge in [0.15, 0.2) is 0 Å². The van der Waals surface area contributed by atoms with Crippen LogP contribution in [0.25, 0.3) is 10.8 Å². The first kappa shape index (κ1) is 14.8. The Morgan fingerprint density at radius 1 is 1.00 bits per heavy atom. The minimum atomic E-state index is -5.12. The van der Waals surface area contributed by atoms with Gasteiger partial charge in [0, 0.05) is 0 Å². The zero-order chi connectivity index (χ0) is 14.8. The summed E-state index contributed by atoms with van der Waals surface area (Å²) in [5.41, 5.74) is -0.616. The fourth-order valence-corrected chi connectivity index (χ4v) is 2.35. The second kappa shape index (κ2) is 5.77. The van der Waals surface area contributed by atoms with Crippen LogP contribution in [0.5, 0.6) is 5.75 Å². The van der Waals surface area contributed by atoms with E-state index in [0.29, 0.717) is 18.2 Å². The van der Waals surface area contributed by atoms with E-state index in [0.717, 1.165) is 0 Å². The standard InChI is InChI=1S/C15H17BF3O/c1-3-12(4-2)20-14-10-9-11-7-5-6-8-13(11)15(14)16(17,18)19/h5-10,12H,3-4H2,1-2H3/q-1. The normalized spacial score (nSPS) is 12.1. The summed E-state index contributed by atoms with van der Waals surface area (Å²) in [6, 6.07) is 9.65. The van der Waals surface area contributed by atoms with Crippen molar-refractivity contribution in [3.8, 4) is 5.75 Å². The lowest BCUT2D eigenvalue weighted by molar-refractivity contribution is 0.194. The number of halogens is 3. The van der Waals surface area contributed by atoms with Gasteiger partial charge in [-0.25, -0.2) is 0 Å². The first-order valence-electron chi connectivity index (χ1n) is 6.85. The van der Waals surface area contributed by atoms with Crippen LogP contribution in [-0.4, -0.2) is 13.1 Å². The van der Waals surface area contributed by atoms with E-state index in [1.807, 2.05) is 13.8 Å². The molecule has 0 aliphatic heterocycles. The zero-order valence-corrected chi connectivity index (χ0v) is 11.6. The molecule has 0 spiro atoms. The predicted molar refractivity (Wildman–Crippen MR) is 77.7 cm³/mol. The molecule has 2 aromatic carbocycles. The number of rotatable bonds is 5. The van der Waals surface area contributed by atoms with Crippen molar-refractivity contribution in [3.63, 3.8) is 0 Å². The highest BCUT2D eigenvalue weighted by Crippen LogP contribution is 2.26. The van der Waals surface area contributed by atoms with Gasteiger partial charge in [0.1, 0.15) is 0 Å². The molecule has 108 valence electrons. The lowest BCUT2D eigenvalue weighted by Crippen LogP contribution is -2.37. The summed E-state index contributed by atoms with van der Waals surface area (Å²) < 4.78 is 45.8. The molecule has 0 N–H and O–H groups in total. The molecule has 0 atom stereocenters. The number of benzene rings is 2. The summed E-state index contributed by atoms with van der Waals surface area (Å²) in [5.74, 6) is -0.0510. The molecule has 0 aliphatic carbocycles. The molecule has 0 aliphatic rings. The quantitative estimate of drug-likeness (QED) is 0.735. The van der Waals surface area contributed by atoms with Crippen molar-refractivity contribution in [2.45, 2.75) is 32.8 Å². The van der Waals surface area contributed by atoms with E-state index in [1.54, 1.807) is 24.3 Å². The third kappa shape index (κ3) is 2.92. The van der Waals surface area contributed by atoms with E-state index in [2.05, 4.69) is 0 Å². The van der Waals surface area contributed by atoms with Crippen LogP contribution in [0.2, 0.25) is 0 Å². The Bertz CT molecular complexity index is 591. The van der Waals surface area contributed by atoms with Crippen LogP contribution >= 0.6 is 0 Å². The van der Waals surface area contributed by atoms with Crippen molar-refractivity contribution < 1.29 is 17.7 Å². The molecule has 0 bridgehead atoms. The van der Waals surface area contributed by atoms with Crippen LogP contribution in [0.1, 0.15) is 26.7 Å². The van der Waals surface area contributed by atoms with Gasteiger partial charge in [0.25, 0.3) is 0 Å². The molecule has 0 radical (unpaired) electrons. The number of hydrogen-bond acceptors (Lipinski definition) is 1. The highest BCUT2D eigenvalue weighted by molar-refractivity contribution is 6.76. The summed E-state index contributed by atoms with van der Waals surface area (Å²) in [6.45, 7) is -1.30. The first-order valence-corrected chi connectivity index (χ1v) is 6.85. The van der Waals surface area contributed by atoms with Gasteiger partial charge in [-0.05, 0) is 29.7 Å². The summed E-state index contributed by atoms with van der Waals surface area (Å²) in [7, 11) is 0. The number of fused-ring (bicyclic) bond motifs is 1. The molecule has 0 amide bonds. The second-order valence-electron chi connectivity index (χ2n) is 4.83. The Kier molecular flexibility index (Phi) is 4.26. The van der Waals surface area contributed by atoms with Crippen molar-refractivity contribution in [1.82, 2.24) is 0 Å². The molecule has 0 saturated carbocycles. The zero-order valence-electron chi connectivity index (χ0n) is 11.6. The minimum absolute atomic E-state index is 0.0510. The number of ether oxygens (including phenoxy) is 1. The summed E-state index contributed by atoms with van der Waals surface area (Å²) in [6.07, 6.45) is 1.19. The van der Waals surface area contributed by atoms with Crippen LogP contribution in [0.15, 0.2) is 36.4 Å². The molecule has 2 rings (SSSR count). The molecule has 1 nitrogen and oxygen atoms in total. The van der Waals surface area contributed by atoms with Crippen molar-refractivity contribution in [2.75, 3.05) is 0 Å². The Morgan fingerprint density at radius 3 is 2.25 bits per heavy atom. The molecule has 0 aromatic heterocycles. The maximum absolute atomic E-state index is 13.4. The third-order valence-corrected chi connectivity index (χ3v) is 3.46. The summed E-state index contributed by atoms with van der Waals surface area (Å²) in [4.78, 5) is 0. The fourth-order valence-electron chi connectivity index (χ4n) is 2.35. The van der Waals surface area contributed by atoms with E-state index in [-0.39, 0.29) is 17.2 Å². The minimum Gasteiger partial charge on any atom is -0.493 e. The maximum atomic E-state index is 13.4. The van der Waals surface area contributed by atoms with Crippen LogP contribution in [0, 0.1) is 0 Å². The Balaban J connectivity index is 2.59. The predicted octanol–water partition coefficient (Wildman–Crippen LogP) is 4.46. The van der Waals surface area contributed by atoms with Crippen molar-refractivity contribution in [3.05, 3.63) is 36.4 Å². The van der Waals surface area contributed by atoms with Gasteiger partial charge in [0.2, 0.25) is 0 Å². The maximum Gasteiger partial charge on any atom is 0.513 e. The monoisotopic (exact) mass is 281 g/mol. The molecule has 2 aromatic rings. The van der Waals surface area contributed by atoms with Crippen molar-refractivity contribution in [1.29, 1.82) is 0 Å². The molecule has 20 heavy (non-hydrogen) atoms. The molecule has 0 heterocycles. The smallest absolute Gasteiger partial charge is 0.493 e. The van der Waals surface area contributed by atoms with Gasteiger partial charge < -0.3 is 17.7 Å².